The van der Waals surface area contributed by atoms with Crippen molar-refractivity contribution < 1.29 is 14.6 Å². The van der Waals surface area contributed by atoms with Gasteiger partial charge in [-0.2, -0.15) is 0 Å². The average molecular weight is 270 g/mol. The number of methoxy groups -OCH3 is 1. The molecule has 1 fully saturated rings. The second-order valence-electron chi connectivity index (χ2n) is 4.52. The molecular formula is C13H16ClNO3. The Kier molecular flexibility index (Phi) is 3.78. The molecule has 0 heterocycles. The maximum atomic E-state index is 11.1. The van der Waals surface area contributed by atoms with Crippen LogP contribution in [-0.4, -0.2) is 24.7 Å². The molecule has 4 nitrogen and oxygen atoms in total. The first kappa shape index (κ1) is 13.2. The van der Waals surface area contributed by atoms with Gasteiger partial charge in [-0.15, -0.1) is 0 Å². The van der Waals surface area contributed by atoms with Crippen LogP contribution >= 0.6 is 11.6 Å². The van der Waals surface area contributed by atoms with E-state index in [4.69, 9.17) is 27.2 Å². The summed E-state index contributed by atoms with van der Waals surface area (Å²) >= 11 is 6.24. The molecule has 0 aromatic heterocycles. The summed E-state index contributed by atoms with van der Waals surface area (Å²) in [6.07, 6.45) is 2.21. The summed E-state index contributed by atoms with van der Waals surface area (Å²) in [5.74, 6) is -0.582. The highest BCUT2D eigenvalue weighted by Gasteiger charge is 2.30. The molecule has 2 rings (SSSR count). The predicted molar refractivity (Wildman–Crippen MR) is 69.4 cm³/mol. The van der Waals surface area contributed by atoms with Crippen molar-refractivity contribution >= 4 is 17.6 Å². The highest BCUT2D eigenvalue weighted by atomic mass is 35.5. The highest BCUT2D eigenvalue weighted by Crippen LogP contribution is 2.48. The fraction of sp³-hybridized carbons (Fsp3) is 0.462. The quantitative estimate of drug-likeness (QED) is 0.861. The summed E-state index contributed by atoms with van der Waals surface area (Å²) in [5, 5.41) is 9.68. The zero-order chi connectivity index (χ0) is 13.3. The maximum Gasteiger partial charge on any atom is 0.312 e. The third kappa shape index (κ3) is 2.44. The number of aliphatic carboxylic acids is 1. The van der Waals surface area contributed by atoms with Crippen molar-refractivity contribution in [3.05, 3.63) is 28.3 Å². The van der Waals surface area contributed by atoms with Crippen molar-refractivity contribution in [2.45, 2.75) is 24.7 Å². The van der Waals surface area contributed by atoms with Crippen molar-refractivity contribution in [3.8, 4) is 5.75 Å². The molecule has 1 atom stereocenters. The molecule has 1 aliphatic rings. The summed E-state index contributed by atoms with van der Waals surface area (Å²) in [5.41, 5.74) is 7.08. The number of hydrogen-bond acceptors (Lipinski definition) is 3. The fourth-order valence-electron chi connectivity index (χ4n) is 2.13. The Morgan fingerprint density at radius 2 is 2.28 bits per heavy atom. The number of ether oxygens (including phenoxy) is 1. The molecule has 3 N–H and O–H groups in total. The molecule has 98 valence electrons. The third-order valence-corrected chi connectivity index (χ3v) is 3.57. The van der Waals surface area contributed by atoms with E-state index in [0.29, 0.717) is 22.3 Å². The van der Waals surface area contributed by atoms with Gasteiger partial charge in [-0.05, 0) is 36.5 Å². The monoisotopic (exact) mass is 269 g/mol. The number of rotatable bonds is 5. The summed E-state index contributed by atoms with van der Waals surface area (Å²) in [4.78, 5) is 11.1. The van der Waals surface area contributed by atoms with E-state index in [1.54, 1.807) is 19.2 Å². The minimum absolute atomic E-state index is 0.0393. The van der Waals surface area contributed by atoms with Gasteiger partial charge in [0, 0.05) is 17.1 Å². The van der Waals surface area contributed by atoms with Gasteiger partial charge in [0.25, 0.3) is 0 Å². The van der Waals surface area contributed by atoms with E-state index in [9.17, 15) is 4.79 Å². The molecule has 0 amide bonds. The van der Waals surface area contributed by atoms with Crippen LogP contribution in [0.3, 0.4) is 0 Å². The topological polar surface area (TPSA) is 72.5 Å². The van der Waals surface area contributed by atoms with E-state index in [2.05, 4.69) is 0 Å². The molecule has 1 saturated carbocycles. The van der Waals surface area contributed by atoms with Crippen LogP contribution in [-0.2, 0) is 4.79 Å². The van der Waals surface area contributed by atoms with Crippen LogP contribution in [0.25, 0.3) is 0 Å². The Morgan fingerprint density at radius 1 is 1.61 bits per heavy atom. The van der Waals surface area contributed by atoms with Gasteiger partial charge in [0.05, 0.1) is 13.0 Å². The number of carbonyl (C=O) groups is 1. The molecule has 1 aromatic carbocycles. The Morgan fingerprint density at radius 3 is 2.72 bits per heavy atom. The Labute approximate surface area is 111 Å². The molecule has 0 saturated heterocycles. The minimum Gasteiger partial charge on any atom is -0.496 e. The lowest BCUT2D eigenvalue weighted by molar-refractivity contribution is -0.138. The number of nitrogens with two attached hydrogens (primary N) is 1. The van der Waals surface area contributed by atoms with E-state index in [1.165, 1.54) is 0 Å². The summed E-state index contributed by atoms with van der Waals surface area (Å²) in [7, 11) is 1.57. The van der Waals surface area contributed by atoms with Gasteiger partial charge < -0.3 is 15.6 Å². The molecule has 1 aromatic rings. The largest absolute Gasteiger partial charge is 0.496 e. The number of carboxylic acids is 1. The van der Waals surface area contributed by atoms with Crippen molar-refractivity contribution in [2.75, 3.05) is 13.7 Å². The molecule has 0 aliphatic heterocycles. The van der Waals surface area contributed by atoms with Crippen LogP contribution < -0.4 is 10.5 Å². The third-order valence-electron chi connectivity index (χ3n) is 3.26. The van der Waals surface area contributed by atoms with E-state index in [0.717, 1.165) is 18.4 Å². The number of benzene rings is 1. The van der Waals surface area contributed by atoms with Crippen LogP contribution in [0.5, 0.6) is 5.75 Å². The lowest BCUT2D eigenvalue weighted by atomic mass is 9.96. The summed E-state index contributed by atoms with van der Waals surface area (Å²) in [6, 6.07) is 3.44. The first-order valence-corrected chi connectivity index (χ1v) is 6.26. The van der Waals surface area contributed by atoms with Crippen molar-refractivity contribution in [1.29, 1.82) is 0 Å². The van der Waals surface area contributed by atoms with Gasteiger partial charge in [-0.3, -0.25) is 4.79 Å². The maximum absolute atomic E-state index is 11.1. The number of carboxylic acid groups (broad SMARTS) is 1. The zero-order valence-electron chi connectivity index (χ0n) is 10.1. The van der Waals surface area contributed by atoms with Gasteiger partial charge in [-0.1, -0.05) is 11.6 Å². The first-order chi connectivity index (χ1) is 8.58. The SMILES string of the molecule is COc1cc(C(CN)C(=O)O)cc(Cl)c1C1CC1. The Balaban J connectivity index is 2.44. The van der Waals surface area contributed by atoms with Gasteiger partial charge in [0.2, 0.25) is 0 Å². The predicted octanol–water partition coefficient (Wildman–Crippen LogP) is 2.35. The van der Waals surface area contributed by atoms with Crippen molar-refractivity contribution in [3.63, 3.8) is 0 Å². The fourth-order valence-corrected chi connectivity index (χ4v) is 2.50. The Bertz CT molecular complexity index is 472. The van der Waals surface area contributed by atoms with Crippen molar-refractivity contribution in [2.24, 2.45) is 5.73 Å². The van der Waals surface area contributed by atoms with Crippen LogP contribution in [0.2, 0.25) is 5.02 Å². The molecule has 5 heteroatoms. The van der Waals surface area contributed by atoms with Gasteiger partial charge in [-0.25, -0.2) is 0 Å². The normalized spacial score (nSPS) is 16.4. The van der Waals surface area contributed by atoms with E-state index in [1.807, 2.05) is 0 Å². The van der Waals surface area contributed by atoms with Gasteiger partial charge >= 0.3 is 5.97 Å². The molecule has 1 aliphatic carbocycles. The lowest BCUT2D eigenvalue weighted by Crippen LogP contribution is -2.21. The van der Waals surface area contributed by atoms with E-state index < -0.39 is 11.9 Å². The second-order valence-corrected chi connectivity index (χ2v) is 4.93. The second kappa shape index (κ2) is 5.16. The first-order valence-electron chi connectivity index (χ1n) is 5.88. The van der Waals surface area contributed by atoms with Crippen molar-refractivity contribution in [1.82, 2.24) is 0 Å². The minimum atomic E-state index is -0.949. The molecule has 0 radical (unpaired) electrons. The Hall–Kier alpha value is -1.26. The highest BCUT2D eigenvalue weighted by molar-refractivity contribution is 6.31. The van der Waals surface area contributed by atoms with Gasteiger partial charge in [0.15, 0.2) is 0 Å². The van der Waals surface area contributed by atoms with Crippen LogP contribution in [0.4, 0.5) is 0 Å². The van der Waals surface area contributed by atoms with E-state index >= 15 is 0 Å². The van der Waals surface area contributed by atoms with Crippen LogP contribution in [0.1, 0.15) is 35.8 Å². The van der Waals surface area contributed by atoms with E-state index in [-0.39, 0.29) is 6.54 Å². The summed E-state index contributed by atoms with van der Waals surface area (Å²) < 4.78 is 5.32. The lowest BCUT2D eigenvalue weighted by Gasteiger charge is -2.16. The zero-order valence-corrected chi connectivity index (χ0v) is 10.9. The molecule has 0 bridgehead atoms. The molecular weight excluding hydrogens is 254 g/mol. The smallest absolute Gasteiger partial charge is 0.312 e. The van der Waals surface area contributed by atoms with Crippen LogP contribution in [0.15, 0.2) is 12.1 Å². The van der Waals surface area contributed by atoms with Crippen LogP contribution in [0, 0.1) is 0 Å². The van der Waals surface area contributed by atoms with Gasteiger partial charge in [0.1, 0.15) is 5.75 Å². The molecule has 18 heavy (non-hydrogen) atoms. The molecule has 0 spiro atoms. The molecule has 1 unspecified atom stereocenters. The average Bonchev–Trinajstić information content (AvgIpc) is 3.12. The number of halogens is 1. The number of hydrogen-bond donors (Lipinski definition) is 2. The standard InChI is InChI=1S/C13H16ClNO3/c1-18-11-5-8(9(6-15)13(16)17)4-10(14)12(11)7-2-3-7/h4-5,7,9H,2-3,6,15H2,1H3,(H,16,17). The summed E-state index contributed by atoms with van der Waals surface area (Å²) in [6.45, 7) is 0.0393.